The number of nitrogens with one attached hydrogen (secondary N) is 1. The molecule has 1 heterocycles. The van der Waals surface area contributed by atoms with Crippen LogP contribution in [-0.2, 0) is 17.0 Å². The summed E-state index contributed by atoms with van der Waals surface area (Å²) in [5, 5.41) is 11.5. The van der Waals surface area contributed by atoms with Gasteiger partial charge in [0.15, 0.2) is 15.8 Å². The molecule has 0 saturated heterocycles. The second kappa shape index (κ2) is 9.57. The van der Waals surface area contributed by atoms with Gasteiger partial charge in [-0.05, 0) is 35.7 Å². The van der Waals surface area contributed by atoms with Gasteiger partial charge in [-0.15, -0.1) is 10.2 Å². The predicted octanol–water partition coefficient (Wildman–Crippen LogP) is 4.34. The topological polar surface area (TPSA) is 73.3 Å². The van der Waals surface area contributed by atoms with E-state index in [1.807, 2.05) is 18.2 Å². The van der Waals surface area contributed by atoms with E-state index in [0.29, 0.717) is 16.6 Å². The van der Waals surface area contributed by atoms with Gasteiger partial charge in [0.05, 0.1) is 20.6 Å². The van der Waals surface area contributed by atoms with Gasteiger partial charge >= 0.3 is 0 Å². The van der Waals surface area contributed by atoms with Gasteiger partial charge in [0, 0.05) is 5.75 Å². The summed E-state index contributed by atoms with van der Waals surface area (Å²) in [6.07, 6.45) is 0.214. The lowest BCUT2D eigenvalue weighted by Crippen LogP contribution is -2.14. The second-order valence-corrected chi connectivity index (χ2v) is 8.20. The molecule has 0 fully saturated rings. The third-order valence-corrected chi connectivity index (χ3v) is 6.10. The summed E-state index contributed by atoms with van der Waals surface area (Å²) >= 11 is 2.99. The van der Waals surface area contributed by atoms with Crippen LogP contribution in [0.5, 0.6) is 11.5 Å². The zero-order chi connectivity index (χ0) is 19.9. The summed E-state index contributed by atoms with van der Waals surface area (Å²) in [5.41, 5.74) is 3.35. The van der Waals surface area contributed by atoms with Crippen LogP contribution >= 0.6 is 23.1 Å². The molecular formula is C20H21N3O3S2. The highest BCUT2D eigenvalue weighted by Gasteiger charge is 2.12. The molecule has 0 atom stereocenters. The van der Waals surface area contributed by atoms with Gasteiger partial charge < -0.3 is 14.8 Å². The van der Waals surface area contributed by atoms with E-state index >= 15 is 0 Å². The Kier molecular flexibility index (Phi) is 6.89. The number of nitrogens with zero attached hydrogens (tertiary/aromatic N) is 2. The lowest BCUT2D eigenvalue weighted by atomic mass is 10.1. The van der Waals surface area contributed by atoms with E-state index in [0.717, 1.165) is 15.7 Å². The van der Waals surface area contributed by atoms with Gasteiger partial charge in [0.1, 0.15) is 0 Å². The Labute approximate surface area is 172 Å². The van der Waals surface area contributed by atoms with Crippen LogP contribution in [0.25, 0.3) is 0 Å². The number of carbonyl (C=O) groups is 1. The minimum atomic E-state index is -0.154. The third-order valence-electron chi connectivity index (χ3n) is 4.08. The Morgan fingerprint density at radius 1 is 1.11 bits per heavy atom. The van der Waals surface area contributed by atoms with E-state index in [9.17, 15) is 4.79 Å². The molecule has 0 aliphatic heterocycles. The Bertz CT molecular complexity index is 959. The molecule has 2 aromatic carbocycles. The fraction of sp³-hybridized carbons (Fsp3) is 0.250. The fourth-order valence-corrected chi connectivity index (χ4v) is 4.41. The van der Waals surface area contributed by atoms with E-state index in [4.69, 9.17) is 9.47 Å². The van der Waals surface area contributed by atoms with Crippen LogP contribution in [0.3, 0.4) is 0 Å². The second-order valence-electron chi connectivity index (χ2n) is 6.00. The standard InChI is InChI=1S/C20H21N3O3S2/c1-13-6-4-5-7-15(13)12-27-20-23-22-19(28-20)21-18(24)11-14-8-9-16(25-2)17(10-14)26-3/h4-10H,11-12H2,1-3H3,(H,21,22,24). The molecule has 8 heteroatoms. The minimum Gasteiger partial charge on any atom is -0.493 e. The van der Waals surface area contributed by atoms with Crippen molar-refractivity contribution in [3.8, 4) is 11.5 Å². The number of hydrogen-bond acceptors (Lipinski definition) is 7. The van der Waals surface area contributed by atoms with E-state index in [1.54, 1.807) is 38.1 Å². The number of aryl methyl sites for hydroxylation is 1. The Morgan fingerprint density at radius 2 is 1.89 bits per heavy atom. The maximum atomic E-state index is 12.3. The molecule has 0 saturated carbocycles. The van der Waals surface area contributed by atoms with Crippen LogP contribution in [0.15, 0.2) is 46.8 Å². The predicted molar refractivity (Wildman–Crippen MR) is 113 cm³/mol. The van der Waals surface area contributed by atoms with Gasteiger partial charge in [-0.3, -0.25) is 4.79 Å². The van der Waals surface area contributed by atoms with Crippen molar-refractivity contribution in [3.63, 3.8) is 0 Å². The van der Waals surface area contributed by atoms with E-state index < -0.39 is 0 Å². The highest BCUT2D eigenvalue weighted by atomic mass is 32.2. The molecule has 3 aromatic rings. The SMILES string of the molecule is COc1ccc(CC(=O)Nc2nnc(SCc3ccccc3C)s2)cc1OC. The first kappa shape index (κ1) is 20.2. The summed E-state index contributed by atoms with van der Waals surface area (Å²) in [6, 6.07) is 13.7. The number of ether oxygens (including phenoxy) is 2. The third kappa shape index (κ3) is 5.24. The molecule has 1 amide bonds. The maximum absolute atomic E-state index is 12.3. The number of hydrogen-bond donors (Lipinski definition) is 1. The molecule has 1 aromatic heterocycles. The first-order valence-corrected chi connectivity index (χ1v) is 10.4. The lowest BCUT2D eigenvalue weighted by molar-refractivity contribution is -0.115. The van der Waals surface area contributed by atoms with Crippen LogP contribution in [0, 0.1) is 6.92 Å². The average molecular weight is 416 g/mol. The van der Waals surface area contributed by atoms with Gasteiger partial charge in [-0.2, -0.15) is 0 Å². The number of methoxy groups -OCH3 is 2. The fourth-order valence-electron chi connectivity index (χ4n) is 2.57. The van der Waals surface area contributed by atoms with E-state index in [2.05, 4.69) is 34.6 Å². The summed E-state index contributed by atoms with van der Waals surface area (Å²) in [4.78, 5) is 12.3. The van der Waals surface area contributed by atoms with Gasteiger partial charge in [-0.25, -0.2) is 0 Å². The molecule has 6 nitrogen and oxygen atoms in total. The van der Waals surface area contributed by atoms with Crippen molar-refractivity contribution in [2.45, 2.75) is 23.4 Å². The first-order chi connectivity index (χ1) is 13.6. The number of carbonyl (C=O) groups excluding carboxylic acids is 1. The number of benzene rings is 2. The monoisotopic (exact) mass is 415 g/mol. The molecule has 0 unspecified atom stereocenters. The molecular weight excluding hydrogens is 394 g/mol. The van der Waals surface area contributed by atoms with Crippen molar-refractivity contribution in [1.29, 1.82) is 0 Å². The van der Waals surface area contributed by atoms with Crippen LogP contribution in [-0.4, -0.2) is 30.3 Å². The van der Waals surface area contributed by atoms with Crippen LogP contribution < -0.4 is 14.8 Å². The summed E-state index contributed by atoms with van der Waals surface area (Å²) in [6.45, 7) is 2.09. The van der Waals surface area contributed by atoms with Crippen LogP contribution in [0.1, 0.15) is 16.7 Å². The molecule has 146 valence electrons. The normalized spacial score (nSPS) is 10.5. The first-order valence-electron chi connectivity index (χ1n) is 8.60. The zero-order valence-corrected chi connectivity index (χ0v) is 17.5. The summed E-state index contributed by atoms with van der Waals surface area (Å²) in [7, 11) is 3.15. The Morgan fingerprint density at radius 3 is 2.64 bits per heavy atom. The van der Waals surface area contributed by atoms with Crippen molar-refractivity contribution in [1.82, 2.24) is 10.2 Å². The smallest absolute Gasteiger partial charge is 0.230 e. The molecule has 0 aliphatic rings. The van der Waals surface area contributed by atoms with E-state index in [1.165, 1.54) is 22.5 Å². The summed E-state index contributed by atoms with van der Waals surface area (Å²) in [5.74, 6) is 1.89. The zero-order valence-electron chi connectivity index (χ0n) is 15.9. The van der Waals surface area contributed by atoms with Crippen LogP contribution in [0.2, 0.25) is 0 Å². The molecule has 0 aliphatic carbocycles. The lowest BCUT2D eigenvalue weighted by Gasteiger charge is -2.09. The maximum Gasteiger partial charge on any atom is 0.230 e. The number of aromatic nitrogens is 2. The van der Waals surface area contributed by atoms with Crippen molar-refractivity contribution in [3.05, 3.63) is 59.2 Å². The van der Waals surface area contributed by atoms with Crippen molar-refractivity contribution in [2.75, 3.05) is 19.5 Å². The van der Waals surface area contributed by atoms with Crippen LogP contribution in [0.4, 0.5) is 5.13 Å². The number of amides is 1. The number of thioether (sulfide) groups is 1. The molecule has 1 N–H and O–H groups in total. The minimum absolute atomic E-state index is 0.154. The number of anilines is 1. The number of rotatable bonds is 8. The van der Waals surface area contributed by atoms with Gasteiger partial charge in [0.2, 0.25) is 11.0 Å². The highest BCUT2D eigenvalue weighted by molar-refractivity contribution is 8.00. The molecule has 28 heavy (non-hydrogen) atoms. The average Bonchev–Trinajstić information content (AvgIpc) is 3.14. The molecule has 3 rings (SSSR count). The molecule has 0 bridgehead atoms. The van der Waals surface area contributed by atoms with Gasteiger partial charge in [-0.1, -0.05) is 53.4 Å². The van der Waals surface area contributed by atoms with Crippen molar-refractivity contribution < 1.29 is 14.3 Å². The molecule has 0 spiro atoms. The van der Waals surface area contributed by atoms with Crippen molar-refractivity contribution in [2.24, 2.45) is 0 Å². The Hall–Kier alpha value is -2.58. The largest absolute Gasteiger partial charge is 0.493 e. The quantitative estimate of drug-likeness (QED) is 0.436. The van der Waals surface area contributed by atoms with E-state index in [-0.39, 0.29) is 12.3 Å². The summed E-state index contributed by atoms with van der Waals surface area (Å²) < 4.78 is 11.3. The Balaban J connectivity index is 1.56. The van der Waals surface area contributed by atoms with Gasteiger partial charge in [0.25, 0.3) is 0 Å². The highest BCUT2D eigenvalue weighted by Crippen LogP contribution is 2.30. The van der Waals surface area contributed by atoms with Crippen molar-refractivity contribution >= 4 is 34.1 Å². The molecule has 0 radical (unpaired) electrons.